The van der Waals surface area contributed by atoms with Crippen molar-refractivity contribution in [2.75, 3.05) is 26.9 Å². The maximum atomic E-state index is 12.1. The maximum Gasteiger partial charge on any atom is 0.342 e. The second kappa shape index (κ2) is 12.4. The van der Waals surface area contributed by atoms with E-state index >= 15 is 0 Å². The third kappa shape index (κ3) is 7.78. The fourth-order valence-corrected chi connectivity index (χ4v) is 2.50. The van der Waals surface area contributed by atoms with Crippen LogP contribution in [-0.2, 0) is 14.2 Å². The van der Waals surface area contributed by atoms with Gasteiger partial charge in [0.25, 0.3) is 0 Å². The molecule has 0 saturated heterocycles. The van der Waals surface area contributed by atoms with E-state index in [2.05, 4.69) is 4.74 Å². The van der Waals surface area contributed by atoms with E-state index in [0.29, 0.717) is 6.42 Å². The van der Waals surface area contributed by atoms with Crippen LogP contribution in [-0.4, -0.2) is 72.4 Å². The van der Waals surface area contributed by atoms with E-state index in [1.165, 1.54) is 49.6 Å². The van der Waals surface area contributed by atoms with Crippen LogP contribution in [0.15, 0.2) is 42.5 Å². The van der Waals surface area contributed by atoms with E-state index in [1.807, 2.05) is 0 Å². The van der Waals surface area contributed by atoms with Gasteiger partial charge in [0.15, 0.2) is 0 Å². The van der Waals surface area contributed by atoms with Gasteiger partial charge in [-0.2, -0.15) is 0 Å². The lowest BCUT2D eigenvalue weighted by molar-refractivity contribution is -0.00482. The van der Waals surface area contributed by atoms with Gasteiger partial charge in [-0.3, -0.25) is 0 Å². The van der Waals surface area contributed by atoms with Gasteiger partial charge in [0, 0.05) is 6.07 Å². The number of carbonyl (C=O) groups excluding carboxylic acids is 3. The molecule has 2 aromatic carbocycles. The number of carbonyl (C=O) groups is 3. The first kappa shape index (κ1) is 25.6. The molecule has 2 unspecified atom stereocenters. The Morgan fingerprint density at radius 3 is 1.94 bits per heavy atom. The highest BCUT2D eigenvalue weighted by Gasteiger charge is 2.18. The summed E-state index contributed by atoms with van der Waals surface area (Å²) in [6.45, 7) is 0.918. The van der Waals surface area contributed by atoms with Crippen molar-refractivity contribution in [3.8, 4) is 11.5 Å². The van der Waals surface area contributed by atoms with E-state index in [1.54, 1.807) is 6.92 Å². The van der Waals surface area contributed by atoms with Gasteiger partial charge in [-0.05, 0) is 42.8 Å². The molecule has 0 heterocycles. The van der Waals surface area contributed by atoms with Crippen molar-refractivity contribution in [1.82, 2.24) is 0 Å². The summed E-state index contributed by atoms with van der Waals surface area (Å²) in [6.07, 6.45) is -1.44. The highest BCUT2D eigenvalue weighted by Crippen LogP contribution is 2.24. The summed E-state index contributed by atoms with van der Waals surface area (Å²) in [4.78, 5) is 35.6. The monoisotopic (exact) mass is 462 g/mol. The SMILES string of the molecule is CCC(O)COc1ccc(C(=O)OCC(O)COC(=O)c2ccc(C(=O)OC)cc2)c(O)c1. The fraction of sp³-hybridized carbons (Fsp3) is 0.348. The molecule has 10 heteroatoms. The number of methoxy groups -OCH3 is 1. The van der Waals surface area contributed by atoms with Gasteiger partial charge < -0.3 is 34.3 Å². The second-order valence-corrected chi connectivity index (χ2v) is 6.97. The molecule has 0 radical (unpaired) electrons. The number of aromatic hydroxyl groups is 1. The average Bonchev–Trinajstić information content (AvgIpc) is 2.83. The Balaban J connectivity index is 1.80. The lowest BCUT2D eigenvalue weighted by atomic mass is 10.1. The van der Waals surface area contributed by atoms with Crippen LogP contribution in [0.4, 0.5) is 0 Å². The average molecular weight is 462 g/mol. The molecular weight excluding hydrogens is 436 g/mol. The summed E-state index contributed by atoms with van der Waals surface area (Å²) in [6, 6.07) is 9.48. The number of rotatable bonds is 11. The summed E-state index contributed by atoms with van der Waals surface area (Å²) >= 11 is 0. The zero-order chi connectivity index (χ0) is 24.4. The summed E-state index contributed by atoms with van der Waals surface area (Å²) in [5.74, 6) is -2.30. The van der Waals surface area contributed by atoms with Crippen LogP contribution in [0.25, 0.3) is 0 Å². The summed E-state index contributed by atoms with van der Waals surface area (Å²) < 4.78 is 19.8. The summed E-state index contributed by atoms with van der Waals surface area (Å²) in [7, 11) is 1.24. The number of hydrogen-bond acceptors (Lipinski definition) is 10. The van der Waals surface area contributed by atoms with Crippen molar-refractivity contribution in [1.29, 1.82) is 0 Å². The van der Waals surface area contributed by atoms with Gasteiger partial charge in [-0.15, -0.1) is 0 Å². The third-order valence-electron chi connectivity index (χ3n) is 4.46. The standard InChI is InChI=1S/C23H26O10/c1-3-16(24)11-31-18-8-9-19(20(26)10-18)23(29)33-13-17(25)12-32-22(28)15-6-4-14(5-7-15)21(27)30-2/h4-10,16-17,24-26H,3,11-13H2,1-2H3. The normalized spacial score (nSPS) is 12.4. The number of phenolic OH excluding ortho intramolecular Hbond substituents is 1. The Hall–Kier alpha value is -3.63. The number of aliphatic hydroxyl groups excluding tert-OH is 2. The molecular formula is C23H26O10. The summed E-state index contributed by atoms with van der Waals surface area (Å²) in [5, 5.41) is 29.4. The topological polar surface area (TPSA) is 149 Å². The van der Waals surface area contributed by atoms with E-state index in [-0.39, 0.29) is 34.8 Å². The zero-order valence-electron chi connectivity index (χ0n) is 18.2. The van der Waals surface area contributed by atoms with Crippen molar-refractivity contribution < 1.29 is 48.7 Å². The smallest absolute Gasteiger partial charge is 0.342 e. The van der Waals surface area contributed by atoms with E-state index in [0.717, 1.165) is 0 Å². The van der Waals surface area contributed by atoms with Crippen molar-refractivity contribution in [3.05, 3.63) is 59.2 Å². The molecule has 0 saturated carbocycles. The van der Waals surface area contributed by atoms with Crippen LogP contribution in [0.3, 0.4) is 0 Å². The molecule has 2 aromatic rings. The highest BCUT2D eigenvalue weighted by atomic mass is 16.6. The molecule has 33 heavy (non-hydrogen) atoms. The lowest BCUT2D eigenvalue weighted by Gasteiger charge is -2.13. The number of hydrogen-bond donors (Lipinski definition) is 3. The second-order valence-electron chi connectivity index (χ2n) is 6.97. The number of phenols is 1. The van der Waals surface area contributed by atoms with Gasteiger partial charge in [0.2, 0.25) is 0 Å². The van der Waals surface area contributed by atoms with Crippen LogP contribution in [0, 0.1) is 0 Å². The molecule has 0 aliphatic rings. The molecule has 0 aliphatic heterocycles. The minimum absolute atomic E-state index is 0.0417. The van der Waals surface area contributed by atoms with Crippen molar-refractivity contribution >= 4 is 17.9 Å². The predicted molar refractivity (Wildman–Crippen MR) is 114 cm³/mol. The number of benzene rings is 2. The number of ether oxygens (including phenoxy) is 4. The molecule has 2 atom stereocenters. The van der Waals surface area contributed by atoms with Crippen molar-refractivity contribution in [2.45, 2.75) is 25.6 Å². The van der Waals surface area contributed by atoms with Crippen LogP contribution >= 0.6 is 0 Å². The Bertz CT molecular complexity index is 954. The Labute approximate surface area is 190 Å². The lowest BCUT2D eigenvalue weighted by Crippen LogP contribution is -2.25. The van der Waals surface area contributed by atoms with Gasteiger partial charge in [0.05, 0.1) is 24.3 Å². The van der Waals surface area contributed by atoms with Gasteiger partial charge in [0.1, 0.15) is 43.0 Å². The van der Waals surface area contributed by atoms with E-state index in [4.69, 9.17) is 14.2 Å². The fourth-order valence-electron chi connectivity index (χ4n) is 2.50. The Morgan fingerprint density at radius 1 is 0.818 bits per heavy atom. The van der Waals surface area contributed by atoms with Crippen molar-refractivity contribution in [3.63, 3.8) is 0 Å². The van der Waals surface area contributed by atoms with Crippen LogP contribution < -0.4 is 4.74 Å². The van der Waals surface area contributed by atoms with Gasteiger partial charge in [-0.25, -0.2) is 14.4 Å². The number of esters is 3. The Morgan fingerprint density at radius 2 is 1.39 bits per heavy atom. The molecule has 0 amide bonds. The minimum Gasteiger partial charge on any atom is -0.507 e. The summed E-state index contributed by atoms with van der Waals surface area (Å²) in [5.41, 5.74) is 0.279. The molecule has 10 nitrogen and oxygen atoms in total. The van der Waals surface area contributed by atoms with Crippen LogP contribution in [0.1, 0.15) is 44.4 Å². The first-order valence-corrected chi connectivity index (χ1v) is 10.1. The maximum absolute atomic E-state index is 12.1. The first-order valence-electron chi connectivity index (χ1n) is 10.1. The molecule has 2 rings (SSSR count). The quantitative estimate of drug-likeness (QED) is 0.333. The largest absolute Gasteiger partial charge is 0.507 e. The predicted octanol–water partition coefficient (Wildman–Crippen LogP) is 1.70. The molecule has 0 bridgehead atoms. The molecule has 3 N–H and O–H groups in total. The molecule has 0 spiro atoms. The Kier molecular flexibility index (Phi) is 9.64. The molecule has 178 valence electrons. The van der Waals surface area contributed by atoms with Crippen LogP contribution in [0.2, 0.25) is 0 Å². The third-order valence-corrected chi connectivity index (χ3v) is 4.46. The van der Waals surface area contributed by atoms with E-state index in [9.17, 15) is 29.7 Å². The van der Waals surface area contributed by atoms with Gasteiger partial charge in [-0.1, -0.05) is 6.92 Å². The van der Waals surface area contributed by atoms with Gasteiger partial charge >= 0.3 is 17.9 Å². The minimum atomic E-state index is -1.30. The highest BCUT2D eigenvalue weighted by molar-refractivity contribution is 5.93. The first-order chi connectivity index (χ1) is 15.7. The van der Waals surface area contributed by atoms with Crippen LogP contribution in [0.5, 0.6) is 11.5 Å². The zero-order valence-corrected chi connectivity index (χ0v) is 18.2. The molecule has 0 aliphatic carbocycles. The number of aliphatic hydroxyl groups is 2. The molecule has 0 aromatic heterocycles. The van der Waals surface area contributed by atoms with E-state index < -0.39 is 43.3 Å². The van der Waals surface area contributed by atoms with Crippen molar-refractivity contribution in [2.24, 2.45) is 0 Å². The molecule has 0 fully saturated rings.